The second-order valence-electron chi connectivity index (χ2n) is 10.1. The number of nitrogens with zero attached hydrogens (tertiary/aromatic N) is 4. The normalized spacial score (nSPS) is 13.5. The minimum Gasteiger partial charge on any atom is -0.493 e. The summed E-state index contributed by atoms with van der Waals surface area (Å²) in [5.74, 6) is 1.18. The highest BCUT2D eigenvalue weighted by atomic mass is 16.6. The zero-order chi connectivity index (χ0) is 31.1. The van der Waals surface area contributed by atoms with E-state index < -0.39 is 5.97 Å². The van der Waals surface area contributed by atoms with Crippen LogP contribution in [-0.2, 0) is 21.0 Å². The highest BCUT2D eigenvalue weighted by Gasteiger charge is 2.13. The number of benzene rings is 3. The Morgan fingerprint density at radius 3 is 2.45 bits per heavy atom. The van der Waals surface area contributed by atoms with Gasteiger partial charge in [-0.05, 0) is 42.7 Å². The van der Waals surface area contributed by atoms with Crippen LogP contribution in [0.3, 0.4) is 0 Å². The number of hydrogen-bond acceptors (Lipinski definition) is 10. The van der Waals surface area contributed by atoms with Crippen LogP contribution in [0.25, 0.3) is 10.9 Å². The number of carbonyl (C=O) groups is 1. The number of nitrogens with one attached hydrogen (secondary N) is 1. The molecule has 2 N–H and O–H groups in total. The lowest BCUT2D eigenvalue weighted by molar-refractivity contribution is -0.134. The molecule has 1 saturated heterocycles. The molecular weight excluding hydrogens is 562 g/mol. The number of fused-ring (bicyclic) bond motifs is 1. The maximum atomic E-state index is 9.00. The molecule has 232 valence electrons. The number of carboxylic acids is 1. The quantitative estimate of drug-likeness (QED) is 0.122. The molecule has 5 rings (SSSR count). The highest BCUT2D eigenvalue weighted by molar-refractivity contribution is 5.99. The van der Waals surface area contributed by atoms with Crippen molar-refractivity contribution in [2.45, 2.75) is 26.9 Å². The number of aliphatic carboxylic acids is 1. The van der Waals surface area contributed by atoms with E-state index in [0.29, 0.717) is 30.5 Å². The molecule has 3 aromatic carbocycles. The second kappa shape index (κ2) is 16.8. The van der Waals surface area contributed by atoms with Gasteiger partial charge in [-0.2, -0.15) is 0 Å². The number of rotatable bonds is 12. The fraction of sp³-hybridized carbons (Fsp3) is 0.333. The standard InChI is InChI=1S/C31H35N5O4.C2H4O2/c1-23(35-40-21-24-7-4-3-5-8-24)25-9-11-26(12-10-25)34-31-27-19-30(29(37-2)20-28(27)32-22-33-31)39-16-6-13-36-14-17-38-18-15-36;1-2(3)4/h3-5,7-12,19-20,22H,6,13-18,21H2,1-2H3,(H,32,33,34);1H3,(H,3,4)/b35-23-;. The molecule has 44 heavy (non-hydrogen) atoms. The summed E-state index contributed by atoms with van der Waals surface area (Å²) < 4.78 is 17.2. The number of hydrogen-bond donors (Lipinski definition) is 2. The van der Waals surface area contributed by atoms with Gasteiger partial charge in [0.25, 0.3) is 5.97 Å². The number of aromatic nitrogens is 2. The molecule has 1 fully saturated rings. The first-order valence-electron chi connectivity index (χ1n) is 14.5. The molecule has 11 heteroatoms. The molecule has 0 aliphatic carbocycles. The summed E-state index contributed by atoms with van der Waals surface area (Å²) in [5.41, 5.74) is 4.52. The fourth-order valence-electron chi connectivity index (χ4n) is 4.49. The van der Waals surface area contributed by atoms with E-state index in [0.717, 1.165) is 79.6 Å². The number of carboxylic acid groups (broad SMARTS) is 1. The van der Waals surface area contributed by atoms with Crippen molar-refractivity contribution in [2.75, 3.05) is 51.9 Å². The van der Waals surface area contributed by atoms with Crippen LogP contribution in [0.15, 0.2) is 78.2 Å². The van der Waals surface area contributed by atoms with Gasteiger partial charge in [0.1, 0.15) is 18.8 Å². The summed E-state index contributed by atoms with van der Waals surface area (Å²) in [6, 6.07) is 21.8. The Kier molecular flexibility index (Phi) is 12.3. The Balaban J connectivity index is 0.00000104. The van der Waals surface area contributed by atoms with Gasteiger partial charge in [-0.25, -0.2) is 9.97 Å². The van der Waals surface area contributed by atoms with Crippen molar-refractivity contribution in [3.63, 3.8) is 0 Å². The zero-order valence-corrected chi connectivity index (χ0v) is 25.4. The molecule has 0 atom stereocenters. The average molecular weight is 602 g/mol. The van der Waals surface area contributed by atoms with Crippen molar-refractivity contribution in [1.82, 2.24) is 14.9 Å². The summed E-state index contributed by atoms with van der Waals surface area (Å²) >= 11 is 0. The Morgan fingerprint density at radius 1 is 1.02 bits per heavy atom. The van der Waals surface area contributed by atoms with Crippen molar-refractivity contribution in [2.24, 2.45) is 5.16 Å². The maximum Gasteiger partial charge on any atom is 0.300 e. The van der Waals surface area contributed by atoms with Gasteiger partial charge in [-0.3, -0.25) is 9.69 Å². The first-order valence-corrected chi connectivity index (χ1v) is 14.5. The Hall–Kier alpha value is -4.74. The van der Waals surface area contributed by atoms with Gasteiger partial charge < -0.3 is 29.5 Å². The minimum absolute atomic E-state index is 0.433. The van der Waals surface area contributed by atoms with E-state index >= 15 is 0 Å². The topological polar surface area (TPSA) is 128 Å². The number of ether oxygens (including phenoxy) is 3. The predicted octanol–water partition coefficient (Wildman–Crippen LogP) is 5.51. The molecule has 0 saturated carbocycles. The molecule has 1 aromatic heterocycles. The van der Waals surface area contributed by atoms with Gasteiger partial charge in [-0.15, -0.1) is 0 Å². The summed E-state index contributed by atoms with van der Waals surface area (Å²) in [7, 11) is 1.64. The van der Waals surface area contributed by atoms with Crippen LogP contribution in [0.5, 0.6) is 11.5 Å². The Labute approximate surface area is 257 Å². The molecule has 1 aliphatic rings. The molecule has 0 amide bonds. The van der Waals surface area contributed by atoms with E-state index in [-0.39, 0.29) is 0 Å². The Bertz CT molecular complexity index is 1500. The van der Waals surface area contributed by atoms with Crippen molar-refractivity contribution >= 4 is 34.1 Å². The minimum atomic E-state index is -0.833. The van der Waals surface area contributed by atoms with Crippen LogP contribution in [0, 0.1) is 0 Å². The zero-order valence-electron chi connectivity index (χ0n) is 25.4. The van der Waals surface area contributed by atoms with Gasteiger partial charge in [0.05, 0.1) is 38.2 Å². The first kappa shape index (κ1) is 32.2. The number of oxime groups is 1. The molecular formula is C33H39N5O6. The summed E-state index contributed by atoms with van der Waals surface area (Å²) in [6.45, 7) is 8.57. The maximum absolute atomic E-state index is 9.00. The molecule has 4 aromatic rings. The summed E-state index contributed by atoms with van der Waals surface area (Å²) in [5, 5.41) is 16.0. The van der Waals surface area contributed by atoms with Crippen LogP contribution in [-0.4, -0.2) is 78.2 Å². The van der Waals surface area contributed by atoms with Gasteiger partial charge in [0, 0.05) is 43.7 Å². The fourth-order valence-corrected chi connectivity index (χ4v) is 4.49. The average Bonchev–Trinajstić information content (AvgIpc) is 3.04. The van der Waals surface area contributed by atoms with E-state index in [2.05, 4.69) is 25.3 Å². The third kappa shape index (κ3) is 9.92. The number of morpholine rings is 1. The highest BCUT2D eigenvalue weighted by Crippen LogP contribution is 2.35. The predicted molar refractivity (Wildman–Crippen MR) is 170 cm³/mol. The second-order valence-corrected chi connectivity index (χ2v) is 10.1. The summed E-state index contributed by atoms with van der Waals surface area (Å²) in [6.07, 6.45) is 2.46. The lowest BCUT2D eigenvalue weighted by atomic mass is 10.1. The van der Waals surface area contributed by atoms with Crippen LogP contribution < -0.4 is 14.8 Å². The van der Waals surface area contributed by atoms with E-state index in [1.807, 2.05) is 73.7 Å². The van der Waals surface area contributed by atoms with Crippen LogP contribution in [0.4, 0.5) is 11.5 Å². The molecule has 0 unspecified atom stereocenters. The smallest absolute Gasteiger partial charge is 0.300 e. The first-order chi connectivity index (χ1) is 21.4. The lowest BCUT2D eigenvalue weighted by Crippen LogP contribution is -2.37. The van der Waals surface area contributed by atoms with Gasteiger partial charge in [-0.1, -0.05) is 47.6 Å². The van der Waals surface area contributed by atoms with Crippen LogP contribution >= 0.6 is 0 Å². The largest absolute Gasteiger partial charge is 0.493 e. The molecule has 1 aliphatic heterocycles. The van der Waals surface area contributed by atoms with Crippen molar-refractivity contribution in [3.8, 4) is 11.5 Å². The molecule has 0 radical (unpaired) electrons. The van der Waals surface area contributed by atoms with Gasteiger partial charge in [0.2, 0.25) is 0 Å². The van der Waals surface area contributed by atoms with Gasteiger partial charge >= 0.3 is 0 Å². The SMILES string of the molecule is CC(=O)O.COc1cc2ncnc(Nc3ccc(/C(C)=N\OCc4ccccc4)cc3)c2cc1OCCCN1CCOCC1. The van der Waals surface area contributed by atoms with Crippen molar-refractivity contribution in [3.05, 3.63) is 84.2 Å². The molecule has 0 spiro atoms. The Morgan fingerprint density at radius 2 is 1.75 bits per heavy atom. The number of methoxy groups -OCH3 is 1. The third-order valence-corrected chi connectivity index (χ3v) is 6.74. The van der Waals surface area contributed by atoms with E-state index in [1.165, 1.54) is 0 Å². The van der Waals surface area contributed by atoms with E-state index in [4.69, 9.17) is 28.9 Å². The van der Waals surface area contributed by atoms with Crippen molar-refractivity contribution in [1.29, 1.82) is 0 Å². The van der Waals surface area contributed by atoms with Gasteiger partial charge in [0.15, 0.2) is 11.5 Å². The van der Waals surface area contributed by atoms with Crippen molar-refractivity contribution < 1.29 is 28.9 Å². The van der Waals surface area contributed by atoms with E-state index in [9.17, 15) is 0 Å². The monoisotopic (exact) mass is 601 g/mol. The lowest BCUT2D eigenvalue weighted by Gasteiger charge is -2.26. The number of anilines is 2. The molecule has 0 bridgehead atoms. The molecule has 11 nitrogen and oxygen atoms in total. The van der Waals surface area contributed by atoms with E-state index in [1.54, 1.807) is 13.4 Å². The third-order valence-electron chi connectivity index (χ3n) is 6.74. The molecule has 2 heterocycles. The van der Waals surface area contributed by atoms with Crippen LogP contribution in [0.1, 0.15) is 31.4 Å². The van der Waals surface area contributed by atoms with Crippen LogP contribution in [0.2, 0.25) is 0 Å². The summed E-state index contributed by atoms with van der Waals surface area (Å²) in [4.78, 5) is 25.9.